The number of amides is 1. The van der Waals surface area contributed by atoms with Crippen molar-refractivity contribution in [3.8, 4) is 16.5 Å². The maximum absolute atomic E-state index is 14.4. The van der Waals surface area contributed by atoms with Crippen LogP contribution >= 0.6 is 11.3 Å². The monoisotopic (exact) mass is 468 g/mol. The van der Waals surface area contributed by atoms with E-state index in [4.69, 9.17) is 9.84 Å². The largest absolute Gasteiger partial charge is 0.466 e. The summed E-state index contributed by atoms with van der Waals surface area (Å²) in [5.74, 6) is -0.448. The van der Waals surface area contributed by atoms with Crippen molar-refractivity contribution in [2.24, 2.45) is 5.92 Å². The van der Waals surface area contributed by atoms with Crippen LogP contribution < -0.4 is 4.74 Å². The standard InChI is InChI=1S/C19H21FN4O5S2/c1-11(12-5-7-23(8-6-12)19(25)26)29-18-22-24-10-16(21-17(24)30-18)14-4-3-13(9-15(14)20)31(2,27)28/h3-4,9-12H,5-8H2,1-2H3,(H,25,26). The molecule has 0 spiro atoms. The van der Waals surface area contributed by atoms with Gasteiger partial charge in [-0.15, -0.1) is 5.10 Å². The van der Waals surface area contributed by atoms with Crippen LogP contribution in [0, 0.1) is 11.7 Å². The molecule has 12 heteroatoms. The predicted octanol–water partition coefficient (Wildman–Crippen LogP) is 3.16. The lowest BCUT2D eigenvalue weighted by Crippen LogP contribution is -2.41. The van der Waals surface area contributed by atoms with Gasteiger partial charge in [-0.2, -0.15) is 0 Å². The predicted molar refractivity (Wildman–Crippen MR) is 112 cm³/mol. The summed E-state index contributed by atoms with van der Waals surface area (Å²) < 4.78 is 45.1. The van der Waals surface area contributed by atoms with E-state index >= 15 is 0 Å². The minimum Gasteiger partial charge on any atom is -0.466 e. The van der Waals surface area contributed by atoms with Gasteiger partial charge in [-0.1, -0.05) is 0 Å². The fourth-order valence-electron chi connectivity index (χ4n) is 3.61. The number of piperidine rings is 1. The first kappa shape index (κ1) is 21.5. The molecule has 1 aliphatic heterocycles. The number of carbonyl (C=O) groups is 1. The minimum atomic E-state index is -3.50. The van der Waals surface area contributed by atoms with Crippen LogP contribution in [0.4, 0.5) is 9.18 Å². The number of rotatable bonds is 5. The number of halogens is 1. The third-order valence-electron chi connectivity index (χ3n) is 5.43. The second-order valence-corrected chi connectivity index (χ2v) is 10.5. The van der Waals surface area contributed by atoms with E-state index < -0.39 is 21.7 Å². The Morgan fingerprint density at radius 2 is 2.06 bits per heavy atom. The first-order valence-corrected chi connectivity index (χ1v) is 12.3. The number of sulfone groups is 1. The molecule has 2 aromatic heterocycles. The number of hydrogen-bond donors (Lipinski definition) is 1. The van der Waals surface area contributed by atoms with Crippen molar-refractivity contribution in [1.29, 1.82) is 0 Å². The number of hydrogen-bond acceptors (Lipinski definition) is 7. The number of benzene rings is 1. The number of nitrogens with zero attached hydrogens (tertiary/aromatic N) is 4. The van der Waals surface area contributed by atoms with Gasteiger partial charge in [-0.25, -0.2) is 27.1 Å². The van der Waals surface area contributed by atoms with Crippen LogP contribution in [0.5, 0.6) is 5.19 Å². The Morgan fingerprint density at radius 3 is 2.65 bits per heavy atom. The minimum absolute atomic E-state index is 0.0910. The van der Waals surface area contributed by atoms with Crippen molar-refractivity contribution in [1.82, 2.24) is 19.5 Å². The fraction of sp³-hybridized carbons (Fsp3) is 0.421. The van der Waals surface area contributed by atoms with E-state index in [-0.39, 0.29) is 22.5 Å². The molecule has 1 saturated heterocycles. The summed E-state index contributed by atoms with van der Waals surface area (Å²) in [5, 5.41) is 13.8. The van der Waals surface area contributed by atoms with Crippen LogP contribution in [0.25, 0.3) is 16.2 Å². The molecule has 1 unspecified atom stereocenters. The molecular formula is C19H21FN4O5S2. The summed E-state index contributed by atoms with van der Waals surface area (Å²) in [4.78, 5) is 17.2. The average Bonchev–Trinajstić information content (AvgIpc) is 3.25. The first-order valence-electron chi connectivity index (χ1n) is 9.62. The number of imidazole rings is 1. The smallest absolute Gasteiger partial charge is 0.407 e. The lowest BCUT2D eigenvalue weighted by atomic mass is 9.92. The van der Waals surface area contributed by atoms with E-state index in [0.29, 0.717) is 28.9 Å². The molecule has 166 valence electrons. The third-order valence-corrected chi connectivity index (χ3v) is 7.35. The van der Waals surface area contributed by atoms with E-state index in [9.17, 15) is 17.6 Å². The third kappa shape index (κ3) is 4.49. The van der Waals surface area contributed by atoms with Crippen molar-refractivity contribution >= 4 is 32.2 Å². The molecule has 4 rings (SSSR count). The van der Waals surface area contributed by atoms with Crippen LogP contribution in [0.3, 0.4) is 0 Å². The molecule has 0 bridgehead atoms. The average molecular weight is 469 g/mol. The van der Waals surface area contributed by atoms with E-state index in [1.807, 2.05) is 6.92 Å². The maximum Gasteiger partial charge on any atom is 0.407 e. The van der Waals surface area contributed by atoms with E-state index in [1.54, 1.807) is 6.20 Å². The van der Waals surface area contributed by atoms with Crippen molar-refractivity contribution < 1.29 is 27.4 Å². The molecule has 1 aromatic carbocycles. The summed E-state index contributed by atoms with van der Waals surface area (Å²) in [6.45, 7) is 2.92. The second-order valence-electron chi connectivity index (χ2n) is 7.57. The van der Waals surface area contributed by atoms with Gasteiger partial charge in [0, 0.05) is 24.9 Å². The molecule has 3 aromatic rings. The number of likely N-dealkylation sites (tertiary alicyclic amines) is 1. The van der Waals surface area contributed by atoms with Gasteiger partial charge in [-0.3, -0.25) is 0 Å². The number of fused-ring (bicyclic) bond motifs is 1. The van der Waals surface area contributed by atoms with Crippen LogP contribution in [0.2, 0.25) is 0 Å². The highest BCUT2D eigenvalue weighted by molar-refractivity contribution is 7.90. The molecule has 1 atom stereocenters. The van der Waals surface area contributed by atoms with Crippen molar-refractivity contribution in [2.45, 2.75) is 30.8 Å². The SMILES string of the molecule is CC(Oc1nn2cc(-c3ccc(S(C)(=O)=O)cc3F)nc2s1)C1CCN(C(=O)O)CC1. The number of carboxylic acid groups (broad SMARTS) is 1. The Morgan fingerprint density at radius 1 is 1.35 bits per heavy atom. The Balaban J connectivity index is 1.46. The highest BCUT2D eigenvalue weighted by atomic mass is 32.2. The number of ether oxygens (including phenoxy) is 1. The Hall–Kier alpha value is -2.73. The first-order chi connectivity index (χ1) is 14.6. The zero-order valence-electron chi connectivity index (χ0n) is 16.9. The lowest BCUT2D eigenvalue weighted by Gasteiger charge is -2.32. The van der Waals surface area contributed by atoms with Crippen molar-refractivity contribution in [2.75, 3.05) is 19.3 Å². The van der Waals surface area contributed by atoms with Crippen LogP contribution in [-0.2, 0) is 9.84 Å². The van der Waals surface area contributed by atoms with Gasteiger partial charge >= 0.3 is 6.09 Å². The van der Waals surface area contributed by atoms with Gasteiger partial charge in [0.05, 0.1) is 16.8 Å². The molecule has 1 fully saturated rings. The van der Waals surface area contributed by atoms with Crippen molar-refractivity contribution in [3.05, 3.63) is 30.2 Å². The molecular weight excluding hydrogens is 447 g/mol. The normalized spacial score (nSPS) is 16.5. The summed E-state index contributed by atoms with van der Waals surface area (Å²) in [5.41, 5.74) is 0.531. The number of aromatic nitrogens is 3. The molecule has 31 heavy (non-hydrogen) atoms. The molecule has 0 saturated carbocycles. The van der Waals surface area contributed by atoms with Crippen LogP contribution in [0.15, 0.2) is 29.3 Å². The summed E-state index contributed by atoms with van der Waals surface area (Å²) in [6.07, 6.45) is 3.01. The summed E-state index contributed by atoms with van der Waals surface area (Å²) in [6, 6.07) is 3.72. The van der Waals surface area contributed by atoms with Gasteiger partial charge in [0.1, 0.15) is 11.9 Å². The maximum atomic E-state index is 14.4. The molecule has 1 aliphatic rings. The fourth-order valence-corrected chi connectivity index (χ4v) is 5.06. The Labute approximate surface area is 182 Å². The lowest BCUT2D eigenvalue weighted by molar-refractivity contribution is 0.0807. The molecule has 0 radical (unpaired) electrons. The van der Waals surface area contributed by atoms with Crippen LogP contribution in [0.1, 0.15) is 19.8 Å². The van der Waals surface area contributed by atoms with Crippen LogP contribution in [-0.4, -0.2) is 64.6 Å². The topological polar surface area (TPSA) is 114 Å². The molecule has 1 amide bonds. The van der Waals surface area contributed by atoms with Crippen molar-refractivity contribution in [3.63, 3.8) is 0 Å². The van der Waals surface area contributed by atoms with E-state index in [0.717, 1.165) is 25.2 Å². The zero-order chi connectivity index (χ0) is 22.3. The van der Waals surface area contributed by atoms with Gasteiger partial charge in [0.25, 0.3) is 5.19 Å². The van der Waals surface area contributed by atoms with Gasteiger partial charge in [-0.05, 0) is 55.2 Å². The zero-order valence-corrected chi connectivity index (χ0v) is 18.5. The van der Waals surface area contributed by atoms with Gasteiger partial charge in [0.15, 0.2) is 9.84 Å². The van der Waals surface area contributed by atoms with E-state index in [1.165, 1.54) is 32.9 Å². The highest BCUT2D eigenvalue weighted by Gasteiger charge is 2.28. The second kappa shape index (κ2) is 8.08. The molecule has 3 heterocycles. The summed E-state index contributed by atoms with van der Waals surface area (Å²) in [7, 11) is -3.50. The van der Waals surface area contributed by atoms with Gasteiger partial charge < -0.3 is 14.7 Å². The van der Waals surface area contributed by atoms with E-state index in [2.05, 4.69) is 10.1 Å². The Kier molecular flexibility index (Phi) is 5.60. The Bertz CT molecular complexity index is 1200. The molecule has 1 N–H and O–H groups in total. The molecule has 9 nitrogen and oxygen atoms in total. The van der Waals surface area contributed by atoms with Gasteiger partial charge in [0.2, 0.25) is 4.96 Å². The molecule has 0 aliphatic carbocycles. The quantitative estimate of drug-likeness (QED) is 0.612. The summed E-state index contributed by atoms with van der Waals surface area (Å²) >= 11 is 1.22. The highest BCUT2D eigenvalue weighted by Crippen LogP contribution is 2.30.